The summed E-state index contributed by atoms with van der Waals surface area (Å²) in [4.78, 5) is 24.2. The van der Waals surface area contributed by atoms with Gasteiger partial charge in [0.2, 0.25) is 0 Å². The molecule has 1 aliphatic rings. The van der Waals surface area contributed by atoms with E-state index in [-0.39, 0.29) is 11.6 Å². The molecule has 4 rings (SSSR count). The van der Waals surface area contributed by atoms with Crippen molar-refractivity contribution in [3.63, 3.8) is 0 Å². The summed E-state index contributed by atoms with van der Waals surface area (Å²) in [6, 6.07) is 24.7. The van der Waals surface area contributed by atoms with Crippen molar-refractivity contribution < 1.29 is 23.8 Å². The molecule has 1 aliphatic heterocycles. The van der Waals surface area contributed by atoms with Gasteiger partial charge in [0.05, 0.1) is 5.56 Å². The van der Waals surface area contributed by atoms with Crippen molar-refractivity contribution in [2.45, 2.75) is 5.38 Å². The average Bonchev–Trinajstić information content (AvgIpc) is 3.04. The van der Waals surface area contributed by atoms with E-state index in [1.165, 1.54) is 0 Å². The molecule has 0 fully saturated rings. The molecule has 150 valence electrons. The highest BCUT2D eigenvalue weighted by molar-refractivity contribution is 6.33. The van der Waals surface area contributed by atoms with E-state index in [0.717, 1.165) is 0 Å². The topological polar surface area (TPSA) is 73.9 Å². The van der Waals surface area contributed by atoms with Gasteiger partial charge < -0.3 is 19.5 Å². The van der Waals surface area contributed by atoms with Crippen molar-refractivity contribution in [2.75, 3.05) is 5.32 Å². The molecule has 1 atom stereocenters. The number of rotatable bonds is 6. The van der Waals surface area contributed by atoms with Crippen LogP contribution in [0.25, 0.3) is 0 Å². The van der Waals surface area contributed by atoms with Crippen LogP contribution in [0, 0.1) is 0 Å². The van der Waals surface area contributed by atoms with E-state index < -0.39 is 17.3 Å². The van der Waals surface area contributed by atoms with Gasteiger partial charge in [0.15, 0.2) is 5.38 Å². The lowest BCUT2D eigenvalue weighted by Crippen LogP contribution is -2.15. The fraction of sp³-hybridized carbons (Fsp3) is 0.0435. The van der Waals surface area contributed by atoms with Crippen molar-refractivity contribution in [3.8, 4) is 11.5 Å². The van der Waals surface area contributed by atoms with Gasteiger partial charge in [0.25, 0.3) is 0 Å². The van der Waals surface area contributed by atoms with Crippen LogP contribution in [-0.4, -0.2) is 17.3 Å². The Morgan fingerprint density at radius 2 is 1.47 bits per heavy atom. The highest BCUT2D eigenvalue weighted by Gasteiger charge is 2.37. The number of hydrogen-bond donors (Lipinski definition) is 1. The van der Waals surface area contributed by atoms with Gasteiger partial charge in [-0.1, -0.05) is 36.4 Å². The van der Waals surface area contributed by atoms with E-state index in [2.05, 4.69) is 5.32 Å². The van der Waals surface area contributed by atoms with Gasteiger partial charge in [0, 0.05) is 5.69 Å². The van der Waals surface area contributed by atoms with Crippen molar-refractivity contribution in [2.24, 2.45) is 0 Å². The molecule has 1 N–H and O–H groups in total. The zero-order chi connectivity index (χ0) is 20.9. The molecule has 1 unspecified atom stereocenters. The fourth-order valence-corrected chi connectivity index (χ4v) is 2.90. The third kappa shape index (κ3) is 4.45. The van der Waals surface area contributed by atoms with E-state index in [9.17, 15) is 9.59 Å². The second-order valence-electron chi connectivity index (χ2n) is 6.30. The fourth-order valence-electron chi connectivity index (χ4n) is 2.71. The van der Waals surface area contributed by atoms with Gasteiger partial charge in [-0.2, -0.15) is 0 Å². The number of benzene rings is 3. The first-order valence-electron chi connectivity index (χ1n) is 9.07. The molecule has 3 aromatic rings. The summed E-state index contributed by atoms with van der Waals surface area (Å²) in [6.45, 7) is 0. The predicted molar refractivity (Wildman–Crippen MR) is 111 cm³/mol. The third-order valence-electron chi connectivity index (χ3n) is 4.18. The first-order valence-corrected chi connectivity index (χ1v) is 9.51. The number of alkyl halides is 1. The van der Waals surface area contributed by atoms with E-state index in [1.54, 1.807) is 54.6 Å². The van der Waals surface area contributed by atoms with Crippen LogP contribution in [0.15, 0.2) is 96.6 Å². The molecule has 7 heteroatoms. The first-order chi connectivity index (χ1) is 14.6. The van der Waals surface area contributed by atoms with Crippen LogP contribution in [0.4, 0.5) is 5.69 Å². The zero-order valence-electron chi connectivity index (χ0n) is 15.6. The van der Waals surface area contributed by atoms with Gasteiger partial charge in [-0.15, -0.1) is 11.6 Å². The summed E-state index contributed by atoms with van der Waals surface area (Å²) in [5.41, 5.74) is 1.09. The van der Waals surface area contributed by atoms with Crippen LogP contribution >= 0.6 is 11.6 Å². The molecule has 1 heterocycles. The summed E-state index contributed by atoms with van der Waals surface area (Å²) in [6.07, 6.45) is 0. The Bertz CT molecular complexity index is 1080. The van der Waals surface area contributed by atoms with Crippen LogP contribution in [0.3, 0.4) is 0 Å². The van der Waals surface area contributed by atoms with Gasteiger partial charge in [-0.25, -0.2) is 9.59 Å². The Kier molecular flexibility index (Phi) is 5.68. The van der Waals surface area contributed by atoms with Crippen LogP contribution in [0.2, 0.25) is 0 Å². The Labute approximate surface area is 177 Å². The lowest BCUT2D eigenvalue weighted by Gasteiger charge is -2.11. The monoisotopic (exact) mass is 421 g/mol. The highest BCUT2D eigenvalue weighted by Crippen LogP contribution is 2.30. The number of anilines is 1. The van der Waals surface area contributed by atoms with Crippen molar-refractivity contribution in [3.05, 3.63) is 102 Å². The number of hydrogen-bond acceptors (Lipinski definition) is 6. The maximum Gasteiger partial charge on any atom is 0.345 e. The molecular formula is C23H16ClNO5. The Hall–Kier alpha value is -3.77. The number of cyclic esters (lactones) is 1. The standard InChI is InChI=1S/C23H16ClNO5/c24-19-20(23(30-22(19)27)29-21(26)15-7-3-1-4-8-15)25-16-11-13-18(14-12-16)28-17-9-5-2-6-10-17/h1-14,19,25H. The normalized spacial score (nSPS) is 15.5. The van der Waals surface area contributed by atoms with Crippen LogP contribution in [0.1, 0.15) is 10.4 Å². The Morgan fingerprint density at radius 3 is 2.13 bits per heavy atom. The summed E-state index contributed by atoms with van der Waals surface area (Å²) in [5, 5.41) is 1.87. The molecule has 0 radical (unpaired) electrons. The molecule has 0 aromatic heterocycles. The lowest BCUT2D eigenvalue weighted by molar-refractivity contribution is -0.139. The number of ether oxygens (including phenoxy) is 3. The van der Waals surface area contributed by atoms with E-state index >= 15 is 0 Å². The largest absolute Gasteiger partial charge is 0.457 e. The molecule has 6 nitrogen and oxygen atoms in total. The number of esters is 2. The van der Waals surface area contributed by atoms with E-state index in [1.807, 2.05) is 30.3 Å². The van der Waals surface area contributed by atoms with Gasteiger partial charge in [-0.3, -0.25) is 0 Å². The molecule has 0 aliphatic carbocycles. The maximum absolute atomic E-state index is 12.3. The van der Waals surface area contributed by atoms with Crippen molar-refractivity contribution in [1.29, 1.82) is 0 Å². The van der Waals surface area contributed by atoms with Crippen molar-refractivity contribution >= 4 is 29.2 Å². The number of para-hydroxylation sites is 1. The van der Waals surface area contributed by atoms with Crippen LogP contribution in [-0.2, 0) is 14.3 Å². The van der Waals surface area contributed by atoms with Crippen LogP contribution < -0.4 is 10.1 Å². The van der Waals surface area contributed by atoms with Gasteiger partial charge in [-0.05, 0) is 48.5 Å². The number of halogens is 1. The summed E-state index contributed by atoms with van der Waals surface area (Å²) >= 11 is 6.13. The SMILES string of the molecule is O=C(OC1=C(Nc2ccc(Oc3ccccc3)cc2)C(Cl)C(=O)O1)c1ccccc1. The molecular weight excluding hydrogens is 406 g/mol. The second kappa shape index (κ2) is 8.71. The molecule has 3 aromatic carbocycles. The minimum absolute atomic E-state index is 0.155. The van der Waals surface area contributed by atoms with Crippen molar-refractivity contribution in [1.82, 2.24) is 0 Å². The molecule has 0 spiro atoms. The van der Waals surface area contributed by atoms with Crippen LogP contribution in [0.5, 0.6) is 11.5 Å². The highest BCUT2D eigenvalue weighted by atomic mass is 35.5. The summed E-state index contributed by atoms with van der Waals surface area (Å²) < 4.78 is 16.0. The quantitative estimate of drug-likeness (QED) is 0.442. The second-order valence-corrected chi connectivity index (χ2v) is 6.74. The Morgan fingerprint density at radius 1 is 0.867 bits per heavy atom. The number of nitrogens with one attached hydrogen (secondary N) is 1. The summed E-state index contributed by atoms with van der Waals surface area (Å²) in [5.74, 6) is -0.295. The molecule has 0 amide bonds. The smallest absolute Gasteiger partial charge is 0.345 e. The van der Waals surface area contributed by atoms with E-state index in [4.69, 9.17) is 25.8 Å². The maximum atomic E-state index is 12.3. The zero-order valence-corrected chi connectivity index (χ0v) is 16.3. The molecule has 30 heavy (non-hydrogen) atoms. The predicted octanol–water partition coefficient (Wildman–Crippen LogP) is 5.08. The number of carbonyl (C=O) groups is 2. The minimum Gasteiger partial charge on any atom is -0.457 e. The molecule has 0 bridgehead atoms. The van der Waals surface area contributed by atoms with Gasteiger partial charge in [0.1, 0.15) is 17.2 Å². The molecule has 0 saturated heterocycles. The lowest BCUT2D eigenvalue weighted by atomic mass is 10.2. The average molecular weight is 422 g/mol. The summed E-state index contributed by atoms with van der Waals surface area (Å²) in [7, 11) is 0. The third-order valence-corrected chi connectivity index (χ3v) is 4.58. The Balaban J connectivity index is 1.49. The van der Waals surface area contributed by atoms with E-state index in [0.29, 0.717) is 22.7 Å². The number of carbonyl (C=O) groups excluding carboxylic acids is 2. The minimum atomic E-state index is -1.12. The first kappa shape index (κ1) is 19.5. The molecule has 0 saturated carbocycles. The van der Waals surface area contributed by atoms with Gasteiger partial charge >= 0.3 is 17.9 Å².